The van der Waals surface area contributed by atoms with Crippen molar-refractivity contribution in [3.8, 4) is 0 Å². The molecule has 26 heavy (non-hydrogen) atoms. The molecule has 0 aromatic heterocycles. The van der Waals surface area contributed by atoms with Crippen molar-refractivity contribution in [2.75, 3.05) is 0 Å². The molecule has 0 unspecified atom stereocenters. The minimum absolute atomic E-state index is 0.0694. The normalized spacial score (nSPS) is 15.5. The molecule has 2 N–H and O–H groups in total. The molecule has 1 amide bonds. The van der Waals surface area contributed by atoms with Crippen molar-refractivity contribution in [2.24, 2.45) is 4.99 Å². The van der Waals surface area contributed by atoms with E-state index < -0.39 is 0 Å². The zero-order chi connectivity index (χ0) is 18.5. The van der Waals surface area contributed by atoms with Crippen molar-refractivity contribution in [1.29, 1.82) is 0 Å². The smallest absolute Gasteiger partial charge is 0.256 e. The number of carbonyl (C=O) groups excluding carboxylic acids is 1. The topological polar surface area (TPSA) is 61.7 Å². The van der Waals surface area contributed by atoms with Crippen LogP contribution in [0.15, 0.2) is 59.1 Å². The van der Waals surface area contributed by atoms with Crippen LogP contribution >= 0.6 is 23.2 Å². The van der Waals surface area contributed by atoms with E-state index in [0.29, 0.717) is 21.3 Å². The maximum atomic E-state index is 12.7. The maximum Gasteiger partial charge on any atom is 0.256 e. The lowest BCUT2D eigenvalue weighted by atomic mass is 9.93. The third-order valence-corrected chi connectivity index (χ3v) is 4.82. The molecule has 0 saturated heterocycles. The highest BCUT2D eigenvalue weighted by atomic mass is 35.5. The van der Waals surface area contributed by atoms with Gasteiger partial charge in [0.2, 0.25) is 0 Å². The first-order valence-corrected chi connectivity index (χ1v) is 9.09. The average Bonchev–Trinajstić information content (AvgIpc) is 2.60. The summed E-state index contributed by atoms with van der Waals surface area (Å²) in [6.07, 6.45) is 4.34. The molecule has 0 spiro atoms. The van der Waals surface area contributed by atoms with E-state index in [2.05, 4.69) is 10.3 Å². The van der Waals surface area contributed by atoms with Gasteiger partial charge in [0.1, 0.15) is 11.3 Å². The first kappa shape index (κ1) is 18.5. The first-order valence-electron chi connectivity index (χ1n) is 8.33. The van der Waals surface area contributed by atoms with Gasteiger partial charge in [0.25, 0.3) is 5.91 Å². The third kappa shape index (κ3) is 4.45. The summed E-state index contributed by atoms with van der Waals surface area (Å²) in [5.74, 6) is -0.574. The van der Waals surface area contributed by atoms with E-state index in [9.17, 15) is 9.90 Å². The van der Waals surface area contributed by atoms with Crippen molar-refractivity contribution in [1.82, 2.24) is 5.32 Å². The van der Waals surface area contributed by atoms with Gasteiger partial charge in [-0.25, -0.2) is 0 Å². The van der Waals surface area contributed by atoms with Gasteiger partial charge in [-0.15, -0.1) is 0 Å². The van der Waals surface area contributed by atoms with E-state index in [-0.39, 0.29) is 23.3 Å². The molecule has 3 rings (SSSR count). The van der Waals surface area contributed by atoms with Gasteiger partial charge in [0, 0.05) is 22.8 Å². The minimum atomic E-state index is -0.371. The Morgan fingerprint density at radius 3 is 2.42 bits per heavy atom. The molecule has 6 heteroatoms. The summed E-state index contributed by atoms with van der Waals surface area (Å²) in [5.41, 5.74) is 1.07. The fourth-order valence-corrected chi connectivity index (χ4v) is 2.86. The quantitative estimate of drug-likeness (QED) is 0.412. The van der Waals surface area contributed by atoms with E-state index in [1.165, 1.54) is 6.21 Å². The van der Waals surface area contributed by atoms with E-state index in [1.54, 1.807) is 48.5 Å². The number of nitrogens with one attached hydrogen (secondary N) is 1. The van der Waals surface area contributed by atoms with E-state index in [0.717, 1.165) is 19.3 Å². The van der Waals surface area contributed by atoms with Crippen molar-refractivity contribution >= 4 is 46.8 Å². The Morgan fingerprint density at radius 2 is 1.81 bits per heavy atom. The summed E-state index contributed by atoms with van der Waals surface area (Å²) in [4.78, 5) is 17.0. The van der Waals surface area contributed by atoms with Crippen LogP contribution < -0.4 is 5.32 Å². The average molecular weight is 389 g/mol. The Labute approximate surface area is 162 Å². The van der Waals surface area contributed by atoms with Crippen LogP contribution in [0.1, 0.15) is 24.8 Å². The van der Waals surface area contributed by atoms with Crippen LogP contribution in [-0.4, -0.2) is 23.3 Å². The largest absolute Gasteiger partial charge is 0.506 e. The van der Waals surface area contributed by atoms with E-state index in [1.807, 2.05) is 0 Å². The fraction of sp³-hybridized carbons (Fsp3) is 0.200. The monoisotopic (exact) mass is 388 g/mol. The highest BCUT2D eigenvalue weighted by Gasteiger charge is 2.23. The molecule has 0 heterocycles. The molecule has 1 fully saturated rings. The minimum Gasteiger partial charge on any atom is -0.506 e. The molecule has 0 radical (unpaired) electrons. The fourth-order valence-electron chi connectivity index (χ4n) is 2.51. The predicted octanol–water partition coefficient (Wildman–Crippen LogP) is 5.33. The van der Waals surface area contributed by atoms with Crippen LogP contribution in [0, 0.1) is 0 Å². The zero-order valence-electron chi connectivity index (χ0n) is 14.0. The van der Waals surface area contributed by atoms with Gasteiger partial charge < -0.3 is 10.4 Å². The number of hydrogen-bond donors (Lipinski definition) is 2. The summed E-state index contributed by atoms with van der Waals surface area (Å²) in [7, 11) is 0. The van der Waals surface area contributed by atoms with Crippen LogP contribution in [0.4, 0.5) is 5.69 Å². The zero-order valence-corrected chi connectivity index (χ0v) is 15.5. The Bertz CT molecular complexity index is 856. The van der Waals surface area contributed by atoms with Crippen LogP contribution in [0.2, 0.25) is 10.0 Å². The molecule has 0 atom stereocenters. The van der Waals surface area contributed by atoms with Crippen molar-refractivity contribution < 1.29 is 9.90 Å². The second kappa shape index (κ2) is 8.39. The first-order chi connectivity index (χ1) is 12.5. The van der Waals surface area contributed by atoms with Crippen LogP contribution in [0.25, 0.3) is 5.76 Å². The summed E-state index contributed by atoms with van der Waals surface area (Å²) in [5, 5.41) is 14.6. The number of carbonyl (C=O) groups is 1. The van der Waals surface area contributed by atoms with Gasteiger partial charge in [-0.3, -0.25) is 9.79 Å². The molecule has 1 saturated carbocycles. The molecule has 1 aliphatic carbocycles. The molecule has 4 nitrogen and oxygen atoms in total. The Hall–Kier alpha value is -2.30. The SMILES string of the molecule is O=C(NC1CCC1)C(C=Nc1ccc(Cl)cc1)=C(O)c1ccccc1Cl. The predicted molar refractivity (Wildman–Crippen MR) is 106 cm³/mol. The summed E-state index contributed by atoms with van der Waals surface area (Å²) >= 11 is 12.0. The molecule has 2 aromatic rings. The van der Waals surface area contributed by atoms with Crippen LogP contribution in [-0.2, 0) is 4.79 Å². The Kier molecular flexibility index (Phi) is 5.96. The number of aliphatic hydroxyl groups excluding tert-OH is 1. The van der Waals surface area contributed by atoms with Gasteiger partial charge in [0.15, 0.2) is 0 Å². The van der Waals surface area contributed by atoms with Gasteiger partial charge >= 0.3 is 0 Å². The number of nitrogens with zero attached hydrogens (tertiary/aromatic N) is 1. The highest BCUT2D eigenvalue weighted by Crippen LogP contribution is 2.25. The highest BCUT2D eigenvalue weighted by molar-refractivity contribution is 6.33. The summed E-state index contributed by atoms with van der Waals surface area (Å²) in [6, 6.07) is 13.8. The Morgan fingerprint density at radius 1 is 1.12 bits per heavy atom. The lowest BCUT2D eigenvalue weighted by Crippen LogP contribution is -2.40. The maximum absolute atomic E-state index is 12.7. The molecule has 2 aromatic carbocycles. The molecular weight excluding hydrogens is 371 g/mol. The number of benzene rings is 2. The lowest BCUT2D eigenvalue weighted by molar-refractivity contribution is -0.118. The van der Waals surface area contributed by atoms with Gasteiger partial charge in [-0.2, -0.15) is 0 Å². The molecule has 0 bridgehead atoms. The van der Waals surface area contributed by atoms with Gasteiger partial charge in [0.05, 0.1) is 10.7 Å². The number of hydrogen-bond acceptors (Lipinski definition) is 3. The number of amides is 1. The molecule has 1 aliphatic rings. The van der Waals surface area contributed by atoms with Crippen LogP contribution in [0.5, 0.6) is 0 Å². The van der Waals surface area contributed by atoms with E-state index >= 15 is 0 Å². The van der Waals surface area contributed by atoms with Crippen molar-refractivity contribution in [2.45, 2.75) is 25.3 Å². The van der Waals surface area contributed by atoms with E-state index in [4.69, 9.17) is 23.2 Å². The van der Waals surface area contributed by atoms with Crippen molar-refractivity contribution in [3.63, 3.8) is 0 Å². The summed E-state index contributed by atoms with van der Waals surface area (Å²) < 4.78 is 0. The number of aliphatic hydroxyl groups is 1. The second-order valence-electron chi connectivity index (χ2n) is 6.08. The van der Waals surface area contributed by atoms with Gasteiger partial charge in [-0.05, 0) is 55.7 Å². The Balaban J connectivity index is 1.95. The van der Waals surface area contributed by atoms with Gasteiger partial charge in [-0.1, -0.05) is 35.3 Å². The molecule has 134 valence electrons. The number of rotatable bonds is 5. The summed E-state index contributed by atoms with van der Waals surface area (Å²) in [6.45, 7) is 0. The third-order valence-electron chi connectivity index (χ3n) is 4.24. The number of aliphatic imine (C=N–C) groups is 1. The molecule has 0 aliphatic heterocycles. The standard InChI is InChI=1S/C20H18Cl2N2O2/c21-13-8-10-14(11-9-13)23-12-17(20(26)24-15-4-3-5-15)19(25)16-6-1-2-7-18(16)22/h1-2,6-12,15,25H,3-5H2,(H,24,26). The lowest BCUT2D eigenvalue weighted by Gasteiger charge is -2.26. The van der Waals surface area contributed by atoms with Crippen LogP contribution in [0.3, 0.4) is 0 Å². The number of halogens is 2. The molecular formula is C20H18Cl2N2O2. The van der Waals surface area contributed by atoms with Crippen molar-refractivity contribution in [3.05, 3.63) is 69.7 Å². The second-order valence-corrected chi connectivity index (χ2v) is 6.92.